The Hall–Kier alpha value is -1.91. The second kappa shape index (κ2) is 4.89. The normalized spacial score (nSPS) is 23.1. The number of carboxylic acid groups (broad SMARTS) is 1. The fraction of sp³-hybridized carbons (Fsp3) is 0.467. The van der Waals surface area contributed by atoms with Crippen LogP contribution in [0.5, 0.6) is 0 Å². The van der Waals surface area contributed by atoms with Crippen molar-refractivity contribution >= 4 is 16.9 Å². The van der Waals surface area contributed by atoms with Gasteiger partial charge in [0.15, 0.2) is 0 Å². The number of H-pyrrole nitrogens is 1. The van der Waals surface area contributed by atoms with Gasteiger partial charge in [0.25, 0.3) is 0 Å². The van der Waals surface area contributed by atoms with Crippen molar-refractivity contribution in [2.75, 3.05) is 0 Å². The zero-order valence-corrected chi connectivity index (χ0v) is 11.3. The number of aromatic nitrogens is 2. The van der Waals surface area contributed by atoms with E-state index in [1.54, 1.807) is 19.1 Å². The first kappa shape index (κ1) is 13.1. The van der Waals surface area contributed by atoms with Gasteiger partial charge in [-0.1, -0.05) is 0 Å². The predicted molar refractivity (Wildman–Crippen MR) is 73.9 cm³/mol. The molecule has 0 saturated heterocycles. The molecule has 1 aliphatic rings. The van der Waals surface area contributed by atoms with Crippen molar-refractivity contribution in [3.8, 4) is 0 Å². The summed E-state index contributed by atoms with van der Waals surface area (Å²) in [4.78, 5) is 11.2. The van der Waals surface area contributed by atoms with Crippen molar-refractivity contribution < 1.29 is 14.3 Å². The van der Waals surface area contributed by atoms with E-state index in [-0.39, 0.29) is 11.5 Å². The van der Waals surface area contributed by atoms with Crippen LogP contribution in [0.15, 0.2) is 12.1 Å². The SMILES string of the molecule is Cc1cc2n[nH]c(C3CCCC(F)C3)c2cc1C(=O)O. The number of halogens is 1. The molecule has 1 aliphatic carbocycles. The third kappa shape index (κ3) is 2.17. The van der Waals surface area contributed by atoms with Crippen molar-refractivity contribution in [1.29, 1.82) is 0 Å². The lowest BCUT2D eigenvalue weighted by Gasteiger charge is -2.23. The molecule has 1 heterocycles. The Morgan fingerprint density at radius 3 is 2.95 bits per heavy atom. The predicted octanol–water partition coefficient (Wildman–Crippen LogP) is 3.57. The maximum Gasteiger partial charge on any atom is 0.335 e. The lowest BCUT2D eigenvalue weighted by Crippen LogP contribution is -2.15. The molecule has 2 aromatic rings. The Balaban J connectivity index is 2.07. The van der Waals surface area contributed by atoms with E-state index < -0.39 is 12.1 Å². The second-order valence-corrected chi connectivity index (χ2v) is 5.59. The number of aromatic amines is 1. The Bertz CT molecular complexity index is 665. The molecule has 3 rings (SSSR count). The Morgan fingerprint density at radius 2 is 2.25 bits per heavy atom. The van der Waals surface area contributed by atoms with Crippen LogP contribution in [0.4, 0.5) is 4.39 Å². The van der Waals surface area contributed by atoms with Crippen molar-refractivity contribution in [3.05, 3.63) is 29.0 Å². The molecule has 0 amide bonds. The van der Waals surface area contributed by atoms with Gasteiger partial charge in [0.05, 0.1) is 11.1 Å². The summed E-state index contributed by atoms with van der Waals surface area (Å²) >= 11 is 0. The van der Waals surface area contributed by atoms with E-state index in [0.29, 0.717) is 18.4 Å². The Labute approximate surface area is 116 Å². The van der Waals surface area contributed by atoms with Crippen LogP contribution in [0, 0.1) is 6.92 Å². The van der Waals surface area contributed by atoms with Gasteiger partial charge in [-0.2, -0.15) is 5.10 Å². The van der Waals surface area contributed by atoms with Crippen LogP contribution in [0.3, 0.4) is 0 Å². The summed E-state index contributed by atoms with van der Waals surface area (Å²) in [5.74, 6) is -0.836. The number of benzene rings is 1. The topological polar surface area (TPSA) is 66.0 Å². The van der Waals surface area contributed by atoms with Gasteiger partial charge in [-0.25, -0.2) is 9.18 Å². The summed E-state index contributed by atoms with van der Waals surface area (Å²) in [6.07, 6.45) is 2.14. The summed E-state index contributed by atoms with van der Waals surface area (Å²) in [6, 6.07) is 3.43. The first-order chi connectivity index (χ1) is 9.56. The first-order valence-electron chi connectivity index (χ1n) is 6.92. The minimum Gasteiger partial charge on any atom is -0.478 e. The van der Waals surface area contributed by atoms with Crippen molar-refractivity contribution in [3.63, 3.8) is 0 Å². The lowest BCUT2D eigenvalue weighted by molar-refractivity contribution is 0.0696. The van der Waals surface area contributed by atoms with Gasteiger partial charge in [0.1, 0.15) is 6.17 Å². The Kier molecular flexibility index (Phi) is 3.20. The van der Waals surface area contributed by atoms with Crippen LogP contribution in [0.1, 0.15) is 53.2 Å². The van der Waals surface area contributed by atoms with Crippen LogP contribution >= 0.6 is 0 Å². The zero-order chi connectivity index (χ0) is 14.3. The third-order valence-corrected chi connectivity index (χ3v) is 4.18. The smallest absolute Gasteiger partial charge is 0.335 e. The molecule has 2 N–H and O–H groups in total. The van der Waals surface area contributed by atoms with E-state index in [9.17, 15) is 14.3 Å². The van der Waals surface area contributed by atoms with Crippen LogP contribution in [0.2, 0.25) is 0 Å². The van der Waals surface area contributed by atoms with Gasteiger partial charge in [-0.15, -0.1) is 0 Å². The highest BCUT2D eigenvalue weighted by Crippen LogP contribution is 2.36. The minimum absolute atomic E-state index is 0.105. The fourth-order valence-electron chi connectivity index (χ4n) is 3.12. The summed E-state index contributed by atoms with van der Waals surface area (Å²) < 4.78 is 13.6. The first-order valence-corrected chi connectivity index (χ1v) is 6.92. The highest BCUT2D eigenvalue weighted by molar-refractivity contribution is 5.96. The summed E-state index contributed by atoms with van der Waals surface area (Å²) in [7, 11) is 0. The van der Waals surface area contributed by atoms with Gasteiger partial charge in [0.2, 0.25) is 0 Å². The van der Waals surface area contributed by atoms with E-state index >= 15 is 0 Å². The number of rotatable bonds is 2. The van der Waals surface area contributed by atoms with E-state index in [1.807, 2.05) is 0 Å². The molecule has 1 aromatic carbocycles. The van der Waals surface area contributed by atoms with Gasteiger partial charge in [0, 0.05) is 17.0 Å². The number of alkyl halides is 1. The van der Waals surface area contributed by atoms with Crippen LogP contribution < -0.4 is 0 Å². The van der Waals surface area contributed by atoms with Crippen LogP contribution in [0.25, 0.3) is 10.9 Å². The monoisotopic (exact) mass is 276 g/mol. The molecule has 0 bridgehead atoms. The standard InChI is InChI=1S/C15H17FN2O2/c1-8-5-13-12(7-11(8)15(19)20)14(18-17-13)9-3-2-4-10(16)6-9/h5,7,9-10H,2-4,6H2,1H3,(H,17,18)(H,19,20). The van der Waals surface area contributed by atoms with E-state index in [2.05, 4.69) is 10.2 Å². The van der Waals surface area contributed by atoms with Gasteiger partial charge in [-0.3, -0.25) is 5.10 Å². The van der Waals surface area contributed by atoms with E-state index in [4.69, 9.17) is 0 Å². The number of nitrogens with zero attached hydrogens (tertiary/aromatic N) is 1. The molecule has 1 saturated carbocycles. The highest BCUT2D eigenvalue weighted by atomic mass is 19.1. The molecule has 5 heteroatoms. The zero-order valence-electron chi connectivity index (χ0n) is 11.3. The number of hydrogen-bond acceptors (Lipinski definition) is 2. The van der Waals surface area contributed by atoms with Gasteiger partial charge < -0.3 is 5.11 Å². The minimum atomic E-state index is -0.941. The average molecular weight is 276 g/mol. The Morgan fingerprint density at radius 1 is 1.45 bits per heavy atom. The molecule has 1 fully saturated rings. The maximum absolute atomic E-state index is 13.6. The number of hydrogen-bond donors (Lipinski definition) is 2. The maximum atomic E-state index is 13.6. The fourth-order valence-corrected chi connectivity index (χ4v) is 3.12. The molecule has 0 radical (unpaired) electrons. The van der Waals surface area contributed by atoms with Crippen LogP contribution in [-0.2, 0) is 0 Å². The molecule has 0 spiro atoms. The molecule has 20 heavy (non-hydrogen) atoms. The van der Waals surface area contributed by atoms with Crippen molar-refractivity contribution in [2.24, 2.45) is 0 Å². The third-order valence-electron chi connectivity index (χ3n) is 4.18. The van der Waals surface area contributed by atoms with Gasteiger partial charge >= 0.3 is 5.97 Å². The van der Waals surface area contributed by atoms with E-state index in [1.165, 1.54) is 0 Å². The number of aryl methyl sites for hydroxylation is 1. The molecular formula is C15H17FN2O2. The highest BCUT2D eigenvalue weighted by Gasteiger charge is 2.26. The van der Waals surface area contributed by atoms with E-state index in [0.717, 1.165) is 29.4 Å². The number of fused-ring (bicyclic) bond motifs is 1. The quantitative estimate of drug-likeness (QED) is 0.881. The molecule has 4 nitrogen and oxygen atoms in total. The molecule has 2 unspecified atom stereocenters. The average Bonchev–Trinajstić information content (AvgIpc) is 2.80. The lowest BCUT2D eigenvalue weighted by atomic mass is 9.84. The largest absolute Gasteiger partial charge is 0.478 e. The van der Waals surface area contributed by atoms with Crippen molar-refractivity contribution in [2.45, 2.75) is 44.7 Å². The second-order valence-electron chi connectivity index (χ2n) is 5.59. The van der Waals surface area contributed by atoms with Gasteiger partial charge in [-0.05, 0) is 50.3 Å². The summed E-state index contributed by atoms with van der Waals surface area (Å²) in [5.41, 5.74) is 2.61. The number of nitrogens with one attached hydrogen (secondary N) is 1. The molecular weight excluding hydrogens is 259 g/mol. The molecule has 2 atom stereocenters. The number of carbonyl (C=O) groups is 1. The molecule has 106 valence electrons. The number of carboxylic acids is 1. The van der Waals surface area contributed by atoms with Crippen LogP contribution in [-0.4, -0.2) is 27.4 Å². The summed E-state index contributed by atoms with van der Waals surface area (Å²) in [5, 5.41) is 17.3. The molecule has 1 aromatic heterocycles. The van der Waals surface area contributed by atoms with Crippen molar-refractivity contribution in [1.82, 2.24) is 10.2 Å². The number of aromatic carboxylic acids is 1. The summed E-state index contributed by atoms with van der Waals surface area (Å²) in [6.45, 7) is 1.76. The molecule has 0 aliphatic heterocycles.